The summed E-state index contributed by atoms with van der Waals surface area (Å²) < 4.78 is 44.6. The summed E-state index contributed by atoms with van der Waals surface area (Å²) >= 11 is 0. The van der Waals surface area contributed by atoms with E-state index in [0.717, 1.165) is 11.1 Å². The molecule has 0 spiro atoms. The maximum atomic E-state index is 12.7. The van der Waals surface area contributed by atoms with E-state index in [9.17, 15) is 12.6 Å². The van der Waals surface area contributed by atoms with Crippen LogP contribution in [0.25, 0.3) is 0 Å². The third-order valence-corrected chi connectivity index (χ3v) is 7.49. The molecule has 2 aromatic carbocycles. The van der Waals surface area contributed by atoms with E-state index in [-0.39, 0.29) is 4.90 Å². The molecule has 1 fully saturated rings. The van der Waals surface area contributed by atoms with E-state index in [1.165, 1.54) is 9.87 Å². The number of hydrogen-bond acceptors (Lipinski definition) is 4. The molecule has 0 aliphatic carbocycles. The Morgan fingerprint density at radius 2 is 1.65 bits per heavy atom. The van der Waals surface area contributed by atoms with Gasteiger partial charge in [-0.15, -0.1) is 0 Å². The monoisotopic (exact) mass is 393 g/mol. The third kappa shape index (κ3) is 4.79. The largest absolute Gasteiger partial charge is 0.379 e. The van der Waals surface area contributed by atoms with E-state index >= 15 is 0 Å². The average Bonchev–Trinajstić information content (AvgIpc) is 2.64. The third-order valence-electron chi connectivity index (χ3n) is 4.28. The van der Waals surface area contributed by atoms with Crippen molar-refractivity contribution in [3.8, 4) is 0 Å². The average molecular weight is 394 g/mol. The van der Waals surface area contributed by atoms with Crippen LogP contribution in [-0.4, -0.2) is 43.2 Å². The van der Waals surface area contributed by atoms with Crippen LogP contribution in [0, 0.1) is 6.92 Å². The van der Waals surface area contributed by atoms with Crippen LogP contribution < -0.4 is 0 Å². The lowest BCUT2D eigenvalue weighted by Crippen LogP contribution is -2.40. The molecule has 7 heteroatoms. The van der Waals surface area contributed by atoms with Gasteiger partial charge in [0.15, 0.2) is 0 Å². The highest BCUT2D eigenvalue weighted by molar-refractivity contribution is 7.89. The van der Waals surface area contributed by atoms with Crippen LogP contribution in [0.15, 0.2) is 53.4 Å². The van der Waals surface area contributed by atoms with Gasteiger partial charge in [0, 0.05) is 35.4 Å². The van der Waals surface area contributed by atoms with Gasteiger partial charge >= 0.3 is 0 Å². The highest BCUT2D eigenvalue weighted by atomic mass is 32.2. The standard InChI is InChI=1S/C19H23NO4S2/c1-16-5-7-17(8-6-16)14-25(21)15-18-3-2-4-19(13-18)26(22,23)20-9-11-24-12-10-20/h2-8,13H,9-12,14-15H2,1H3/t25-/m1/s1. The van der Waals surface area contributed by atoms with Gasteiger partial charge in [-0.2, -0.15) is 4.31 Å². The van der Waals surface area contributed by atoms with Crippen LogP contribution in [0.2, 0.25) is 0 Å². The molecule has 2 aromatic rings. The van der Waals surface area contributed by atoms with Crippen molar-refractivity contribution >= 4 is 20.8 Å². The van der Waals surface area contributed by atoms with Gasteiger partial charge in [0.25, 0.3) is 0 Å². The normalized spacial score (nSPS) is 17.1. The van der Waals surface area contributed by atoms with Crippen molar-refractivity contribution < 1.29 is 17.4 Å². The highest BCUT2D eigenvalue weighted by Gasteiger charge is 2.26. The van der Waals surface area contributed by atoms with Crippen LogP contribution in [0.5, 0.6) is 0 Å². The molecule has 1 aliphatic heterocycles. The van der Waals surface area contributed by atoms with Crippen LogP contribution in [0.3, 0.4) is 0 Å². The van der Waals surface area contributed by atoms with E-state index < -0.39 is 20.8 Å². The topological polar surface area (TPSA) is 63.7 Å². The summed E-state index contributed by atoms with van der Waals surface area (Å²) in [5, 5.41) is 0. The maximum Gasteiger partial charge on any atom is 0.243 e. The summed E-state index contributed by atoms with van der Waals surface area (Å²) in [6.07, 6.45) is 0. The van der Waals surface area contributed by atoms with E-state index in [1.807, 2.05) is 37.3 Å². The molecule has 1 atom stereocenters. The Balaban J connectivity index is 1.70. The van der Waals surface area contributed by atoms with E-state index in [4.69, 9.17) is 4.74 Å². The van der Waals surface area contributed by atoms with E-state index in [0.29, 0.717) is 37.8 Å². The van der Waals surface area contributed by atoms with Crippen LogP contribution in [0.1, 0.15) is 16.7 Å². The molecule has 0 N–H and O–H groups in total. The first-order valence-corrected chi connectivity index (χ1v) is 11.5. The molecule has 0 saturated carbocycles. The Morgan fingerprint density at radius 1 is 1.00 bits per heavy atom. The molecular formula is C19H23NO4S2. The van der Waals surface area contributed by atoms with Crippen LogP contribution in [0.4, 0.5) is 0 Å². The van der Waals surface area contributed by atoms with Crippen molar-refractivity contribution in [2.75, 3.05) is 26.3 Å². The molecule has 140 valence electrons. The molecule has 26 heavy (non-hydrogen) atoms. The van der Waals surface area contributed by atoms with Gasteiger partial charge in [-0.25, -0.2) is 8.42 Å². The maximum absolute atomic E-state index is 12.7. The Hall–Kier alpha value is -1.54. The minimum Gasteiger partial charge on any atom is -0.379 e. The molecule has 0 aromatic heterocycles. The van der Waals surface area contributed by atoms with Gasteiger partial charge in [-0.3, -0.25) is 4.21 Å². The number of morpholine rings is 1. The van der Waals surface area contributed by atoms with Gasteiger partial charge in [-0.1, -0.05) is 42.0 Å². The van der Waals surface area contributed by atoms with Crippen LogP contribution in [-0.2, 0) is 37.1 Å². The Kier molecular flexibility index (Phi) is 6.24. The zero-order chi connectivity index (χ0) is 18.6. The fraction of sp³-hybridized carbons (Fsp3) is 0.368. The van der Waals surface area contributed by atoms with Crippen molar-refractivity contribution in [2.45, 2.75) is 23.3 Å². The smallest absolute Gasteiger partial charge is 0.243 e. The first-order valence-electron chi connectivity index (χ1n) is 8.52. The number of aryl methyl sites for hydroxylation is 1. The summed E-state index contributed by atoms with van der Waals surface area (Å²) in [5.74, 6) is 0.793. The van der Waals surface area contributed by atoms with Gasteiger partial charge in [-0.05, 0) is 30.2 Å². The van der Waals surface area contributed by atoms with Crippen molar-refractivity contribution in [1.82, 2.24) is 4.31 Å². The van der Waals surface area contributed by atoms with Gasteiger partial charge in [0.1, 0.15) is 0 Å². The lowest BCUT2D eigenvalue weighted by Gasteiger charge is -2.26. The molecule has 5 nitrogen and oxygen atoms in total. The summed E-state index contributed by atoms with van der Waals surface area (Å²) in [7, 11) is -4.63. The van der Waals surface area contributed by atoms with E-state index in [1.54, 1.807) is 18.2 Å². The minimum absolute atomic E-state index is 0.254. The fourth-order valence-electron chi connectivity index (χ4n) is 2.84. The van der Waals surface area contributed by atoms with Crippen LogP contribution >= 0.6 is 0 Å². The van der Waals surface area contributed by atoms with Gasteiger partial charge in [0.2, 0.25) is 10.0 Å². The second-order valence-corrected chi connectivity index (χ2v) is 9.77. The Bertz CT molecular complexity index is 873. The first-order chi connectivity index (χ1) is 12.4. The molecule has 0 bridgehead atoms. The number of nitrogens with zero attached hydrogens (tertiary/aromatic N) is 1. The second kappa shape index (κ2) is 8.43. The van der Waals surface area contributed by atoms with Crippen molar-refractivity contribution in [2.24, 2.45) is 0 Å². The zero-order valence-corrected chi connectivity index (χ0v) is 16.4. The predicted molar refractivity (Wildman–Crippen MR) is 103 cm³/mol. The summed E-state index contributed by atoms with van der Waals surface area (Å²) in [6.45, 7) is 3.58. The predicted octanol–water partition coefficient (Wildman–Crippen LogP) is 2.46. The fourth-order valence-corrected chi connectivity index (χ4v) is 5.54. The lowest BCUT2D eigenvalue weighted by molar-refractivity contribution is 0.0730. The Morgan fingerprint density at radius 3 is 2.35 bits per heavy atom. The van der Waals surface area contributed by atoms with Crippen molar-refractivity contribution in [1.29, 1.82) is 0 Å². The quantitative estimate of drug-likeness (QED) is 0.756. The molecule has 1 heterocycles. The molecule has 1 saturated heterocycles. The van der Waals surface area contributed by atoms with Crippen molar-refractivity contribution in [3.63, 3.8) is 0 Å². The van der Waals surface area contributed by atoms with Gasteiger partial charge < -0.3 is 4.74 Å². The first kappa shape index (κ1) is 19.2. The number of ether oxygens (including phenoxy) is 1. The van der Waals surface area contributed by atoms with Crippen molar-refractivity contribution in [3.05, 3.63) is 65.2 Å². The molecule has 0 amide bonds. The molecule has 3 rings (SSSR count). The number of sulfonamides is 1. The second-order valence-electron chi connectivity index (χ2n) is 6.38. The Labute approximate surface area is 157 Å². The molecule has 1 aliphatic rings. The zero-order valence-electron chi connectivity index (χ0n) is 14.8. The number of benzene rings is 2. The summed E-state index contributed by atoms with van der Waals surface area (Å²) in [5.41, 5.74) is 2.95. The highest BCUT2D eigenvalue weighted by Crippen LogP contribution is 2.19. The molecule has 0 unspecified atom stereocenters. The SMILES string of the molecule is Cc1ccc(C[S@@](=O)Cc2cccc(S(=O)(=O)N3CCOCC3)c2)cc1. The summed E-state index contributed by atoms with van der Waals surface area (Å²) in [4.78, 5) is 0.254. The molecule has 0 radical (unpaired) electrons. The van der Waals surface area contributed by atoms with Gasteiger partial charge in [0.05, 0.1) is 18.1 Å². The summed E-state index contributed by atoms with van der Waals surface area (Å²) in [6, 6.07) is 14.7. The molecular weight excluding hydrogens is 370 g/mol. The minimum atomic E-state index is -3.53. The number of rotatable bonds is 6. The van der Waals surface area contributed by atoms with E-state index in [2.05, 4.69) is 0 Å². The lowest BCUT2D eigenvalue weighted by atomic mass is 10.2. The number of hydrogen-bond donors (Lipinski definition) is 0.